The van der Waals surface area contributed by atoms with Gasteiger partial charge in [0, 0.05) is 71.3 Å². The Balaban J connectivity index is -0.000000112. The van der Waals surface area contributed by atoms with Gasteiger partial charge in [0.05, 0.1) is 0 Å². The van der Waals surface area contributed by atoms with Crippen molar-refractivity contribution in [1.82, 2.24) is 29.9 Å². The number of rotatable bonds is 0. The summed E-state index contributed by atoms with van der Waals surface area (Å²) in [7, 11) is 0. The molecule has 0 aliphatic heterocycles. The maximum Gasteiger partial charge on any atom is 0.0401 e. The summed E-state index contributed by atoms with van der Waals surface area (Å²) in [6.07, 6.45) is 11.4. The molecule has 0 bridgehead atoms. The average molecular weight is 839 g/mol. The van der Waals surface area contributed by atoms with E-state index >= 15 is 0 Å². The Morgan fingerprint density at radius 2 is 0.410 bits per heavy atom. The number of pyridine rings is 6. The van der Waals surface area contributed by atoms with Gasteiger partial charge in [-0.25, -0.2) is 0 Å². The van der Waals surface area contributed by atoms with E-state index in [0.29, 0.717) is 0 Å². The van der Waals surface area contributed by atoms with Crippen LogP contribution in [0.4, 0.5) is 0 Å². The third kappa shape index (κ3) is 28.9. The van der Waals surface area contributed by atoms with Gasteiger partial charge in [-0.05, 0) is 216 Å². The summed E-state index contributed by atoms with van der Waals surface area (Å²) < 4.78 is 0. The molecule has 6 aromatic heterocycles. The first-order valence-corrected chi connectivity index (χ1v) is 18.6. The first-order chi connectivity index (χ1) is 25.2. The molecule has 0 aromatic carbocycles. The van der Waals surface area contributed by atoms with Crippen LogP contribution in [0.3, 0.4) is 0 Å². The predicted molar refractivity (Wildman–Crippen MR) is 278 cm³/mol. The summed E-state index contributed by atoms with van der Waals surface area (Å²) in [5, 5.41) is 0. The van der Waals surface area contributed by atoms with E-state index in [-0.39, 0.29) is 52.0 Å². The van der Waals surface area contributed by atoms with Crippen LogP contribution in [0, 0.1) is 125 Å². The van der Waals surface area contributed by atoms with Crippen LogP contribution in [0.25, 0.3) is 0 Å². The minimum absolute atomic E-state index is 0. The molecule has 61 heavy (non-hydrogen) atoms. The van der Waals surface area contributed by atoms with Crippen LogP contribution in [0.15, 0.2) is 73.6 Å². The second kappa shape index (κ2) is 35.6. The van der Waals surface area contributed by atoms with Crippen molar-refractivity contribution < 1.29 is 0 Å². The summed E-state index contributed by atoms with van der Waals surface area (Å²) in [4.78, 5) is 24.9. The van der Waals surface area contributed by atoms with E-state index < -0.39 is 0 Å². The quantitative estimate of drug-likeness (QED) is 0.152. The van der Waals surface area contributed by atoms with Crippen LogP contribution in [0.1, 0.15) is 153 Å². The molecule has 6 heterocycles. The van der Waals surface area contributed by atoms with Gasteiger partial charge in [0.15, 0.2) is 0 Å². The molecule has 0 atom stereocenters. The fourth-order valence-electron chi connectivity index (χ4n) is 4.63. The molecule has 0 aliphatic carbocycles. The Labute approximate surface area is 379 Å². The van der Waals surface area contributed by atoms with E-state index in [0.717, 1.165) is 34.2 Å². The number of hydrogen-bond donors (Lipinski definition) is 0. The summed E-state index contributed by atoms with van der Waals surface area (Å²) in [5.41, 5.74) is 22.0. The predicted octanol–water partition coefficient (Wildman–Crippen LogP) is 16.5. The second-order valence-corrected chi connectivity index (χ2v) is 14.5. The van der Waals surface area contributed by atoms with E-state index in [1.165, 1.54) is 66.8 Å². The van der Waals surface area contributed by atoms with Gasteiger partial charge in [-0.1, -0.05) is 64.1 Å². The number of aryl methyl sites for hydroxylation is 18. The molecule has 6 aromatic rings. The largest absolute Gasteiger partial charge is 0.261 e. The van der Waals surface area contributed by atoms with Gasteiger partial charge in [0.1, 0.15) is 0 Å². The highest BCUT2D eigenvalue weighted by Gasteiger charge is 1.94. The van der Waals surface area contributed by atoms with Crippen molar-refractivity contribution in [3.05, 3.63) is 175 Å². The first-order valence-electron chi connectivity index (χ1n) is 18.6. The minimum Gasteiger partial charge on any atom is -0.261 e. The van der Waals surface area contributed by atoms with Crippen LogP contribution >= 0.6 is 0 Å². The first kappa shape index (κ1) is 70.5. The highest BCUT2D eigenvalue weighted by Crippen LogP contribution is 2.08. The monoisotopic (exact) mass is 839 g/mol. The summed E-state index contributed by atoms with van der Waals surface area (Å²) in [6, 6.07) is 12.7. The van der Waals surface area contributed by atoms with Crippen LogP contribution in [0.2, 0.25) is 0 Å². The fraction of sp³-hybridized carbons (Fsp3) is 0.455. The SMILES string of the molecule is C.C.C.C.C.C.C.Cc1cc(C)c(C)cn1.Cc1cc(C)c(C)cn1.Cc1cc(C)c(C)cn1.Cc1cc(C)c(C)cn1.Cc1cnc(C)c(C)c1.Cc1cnc(C)c(C)c1. The van der Waals surface area contributed by atoms with Gasteiger partial charge in [-0.3, -0.25) is 29.9 Å². The summed E-state index contributed by atoms with van der Waals surface area (Å²) in [6.45, 7) is 37.0. The number of aromatic nitrogens is 6. The molecule has 0 amide bonds. The lowest BCUT2D eigenvalue weighted by molar-refractivity contribution is 1.12. The maximum absolute atomic E-state index is 4.18. The molecular formula is C55H94N6. The van der Waals surface area contributed by atoms with E-state index in [1.54, 1.807) is 0 Å². The Morgan fingerprint density at radius 1 is 0.213 bits per heavy atom. The van der Waals surface area contributed by atoms with Gasteiger partial charge in [0.2, 0.25) is 0 Å². The van der Waals surface area contributed by atoms with Gasteiger partial charge in [-0.15, -0.1) is 0 Å². The summed E-state index contributed by atoms with van der Waals surface area (Å²) in [5.74, 6) is 0. The highest BCUT2D eigenvalue weighted by atomic mass is 14.7. The Hall–Kier alpha value is -5.10. The second-order valence-electron chi connectivity index (χ2n) is 14.5. The normalized spacial score (nSPS) is 8.56. The molecule has 6 rings (SSSR count). The van der Waals surface area contributed by atoms with Crippen molar-refractivity contribution in [1.29, 1.82) is 0 Å². The molecule has 0 saturated carbocycles. The van der Waals surface area contributed by atoms with Gasteiger partial charge in [0.25, 0.3) is 0 Å². The lowest BCUT2D eigenvalue weighted by Crippen LogP contribution is -1.85. The van der Waals surface area contributed by atoms with Crippen LogP contribution in [-0.4, -0.2) is 29.9 Å². The van der Waals surface area contributed by atoms with Gasteiger partial charge < -0.3 is 0 Å². The smallest absolute Gasteiger partial charge is 0.0401 e. The molecule has 0 fully saturated rings. The number of nitrogens with zero attached hydrogens (tertiary/aromatic N) is 6. The standard InChI is InChI=1S/6C8H11N.7CH4/c4*1-6-4-8(3)9-5-7(6)2;2*1-6-4-7(2)8(3)9-5-6;;;;;;;/h6*4-5H,1-3H3;7*1H4. The average Bonchev–Trinajstić information content (AvgIpc) is 3.10. The number of hydrogen-bond acceptors (Lipinski definition) is 6. The third-order valence-electron chi connectivity index (χ3n) is 8.99. The Kier molecular flexibility index (Phi) is 41.2. The van der Waals surface area contributed by atoms with Crippen LogP contribution < -0.4 is 0 Å². The van der Waals surface area contributed by atoms with Gasteiger partial charge >= 0.3 is 0 Å². The van der Waals surface area contributed by atoms with Crippen molar-refractivity contribution >= 4 is 0 Å². The van der Waals surface area contributed by atoms with E-state index in [1.807, 2.05) is 78.7 Å². The van der Waals surface area contributed by atoms with E-state index in [2.05, 4.69) is 149 Å². The molecular weight excluding hydrogens is 745 g/mol. The van der Waals surface area contributed by atoms with Gasteiger partial charge in [-0.2, -0.15) is 0 Å². The molecule has 6 nitrogen and oxygen atoms in total. The molecule has 0 N–H and O–H groups in total. The lowest BCUT2D eigenvalue weighted by Gasteiger charge is -1.97. The Morgan fingerprint density at radius 3 is 0.541 bits per heavy atom. The molecule has 0 saturated heterocycles. The third-order valence-corrected chi connectivity index (χ3v) is 8.99. The summed E-state index contributed by atoms with van der Waals surface area (Å²) >= 11 is 0. The molecule has 6 heteroatoms. The zero-order chi connectivity index (χ0) is 41.1. The van der Waals surface area contributed by atoms with Crippen molar-refractivity contribution in [2.75, 3.05) is 0 Å². The zero-order valence-corrected chi connectivity index (χ0v) is 36.6. The van der Waals surface area contributed by atoms with Crippen molar-refractivity contribution in [3.63, 3.8) is 0 Å². The minimum atomic E-state index is 0. The molecule has 0 aliphatic rings. The highest BCUT2D eigenvalue weighted by molar-refractivity contribution is 5.26. The maximum atomic E-state index is 4.18. The molecule has 0 spiro atoms. The van der Waals surface area contributed by atoms with E-state index in [4.69, 9.17) is 0 Å². The van der Waals surface area contributed by atoms with Crippen LogP contribution in [-0.2, 0) is 0 Å². The molecule has 0 radical (unpaired) electrons. The fourth-order valence-corrected chi connectivity index (χ4v) is 4.63. The lowest BCUT2D eigenvalue weighted by atomic mass is 10.2. The molecule has 344 valence electrons. The van der Waals surface area contributed by atoms with Crippen molar-refractivity contribution in [2.24, 2.45) is 0 Å². The molecule has 0 unspecified atom stereocenters. The van der Waals surface area contributed by atoms with Crippen molar-refractivity contribution in [3.8, 4) is 0 Å². The zero-order valence-electron chi connectivity index (χ0n) is 36.6. The van der Waals surface area contributed by atoms with E-state index in [9.17, 15) is 0 Å². The van der Waals surface area contributed by atoms with Crippen molar-refractivity contribution in [2.45, 2.75) is 177 Å². The topological polar surface area (TPSA) is 77.3 Å². The Bertz CT molecular complexity index is 1680. The van der Waals surface area contributed by atoms with Crippen LogP contribution in [0.5, 0.6) is 0 Å².